The smallest absolute Gasteiger partial charge is 0.264 e. The van der Waals surface area contributed by atoms with Crippen molar-refractivity contribution in [2.75, 3.05) is 24.6 Å². The first-order chi connectivity index (χ1) is 21.9. The molecule has 46 heavy (non-hydrogen) atoms. The predicted molar refractivity (Wildman–Crippen MR) is 177 cm³/mol. The number of nitrogens with one attached hydrogen (secondary N) is 2. The molecule has 0 radical (unpaired) electrons. The molecule has 246 valence electrons. The Morgan fingerprint density at radius 1 is 1.13 bits per heavy atom. The van der Waals surface area contributed by atoms with E-state index in [1.54, 1.807) is 25.1 Å². The van der Waals surface area contributed by atoms with Crippen LogP contribution in [-0.2, 0) is 26.7 Å². The Balaban J connectivity index is 1.46. The molecule has 2 aromatic carbocycles. The summed E-state index contributed by atoms with van der Waals surface area (Å²) >= 11 is 6.41. The van der Waals surface area contributed by atoms with Crippen LogP contribution in [0, 0.1) is 29.1 Å². The molecule has 6 atom stereocenters. The third-order valence-corrected chi connectivity index (χ3v) is 13.3. The first-order valence-corrected chi connectivity index (χ1v) is 18.4. The molecule has 6 rings (SSSR count). The number of nitriles is 1. The molecule has 9 nitrogen and oxygen atoms in total. The van der Waals surface area contributed by atoms with Crippen molar-refractivity contribution in [3.05, 3.63) is 58.1 Å². The SMILES string of the molecule is CC(=O)N[C@@]1(C#N)CCC[C@H](C)[C@@H](C)S(=O)(=O)NC(=O)c2ccc3c(c2)N(C[C@@H]2CC[C@H]21)C[C@@]1(CCCc2cc(Cl)ccc21)CO3. The van der Waals surface area contributed by atoms with Crippen molar-refractivity contribution in [3.8, 4) is 11.8 Å². The van der Waals surface area contributed by atoms with E-state index in [-0.39, 0.29) is 34.6 Å². The third-order valence-electron chi connectivity index (χ3n) is 11.2. The van der Waals surface area contributed by atoms with E-state index in [0.29, 0.717) is 49.7 Å². The van der Waals surface area contributed by atoms with Crippen LogP contribution < -0.4 is 19.7 Å². The van der Waals surface area contributed by atoms with Crippen LogP contribution in [0.4, 0.5) is 5.69 Å². The number of carbonyl (C=O) groups is 2. The molecule has 2 N–H and O–H groups in total. The number of aryl methyl sites for hydroxylation is 1. The van der Waals surface area contributed by atoms with Crippen molar-refractivity contribution in [1.82, 2.24) is 10.0 Å². The summed E-state index contributed by atoms with van der Waals surface area (Å²) in [7, 11) is -3.99. The molecule has 2 heterocycles. The maximum absolute atomic E-state index is 13.5. The summed E-state index contributed by atoms with van der Waals surface area (Å²) in [6.07, 6.45) is 6.07. The normalized spacial score (nSPS) is 32.3. The minimum absolute atomic E-state index is 0.0710. The van der Waals surface area contributed by atoms with Crippen LogP contribution in [0.3, 0.4) is 0 Å². The van der Waals surface area contributed by atoms with Crippen molar-refractivity contribution in [1.29, 1.82) is 5.26 Å². The first kappa shape index (κ1) is 32.6. The van der Waals surface area contributed by atoms with E-state index in [9.17, 15) is 23.3 Å². The summed E-state index contributed by atoms with van der Waals surface area (Å²) in [5, 5.41) is 13.6. The second-order valence-corrected chi connectivity index (χ2v) is 16.5. The average molecular weight is 667 g/mol. The number of halogens is 1. The van der Waals surface area contributed by atoms with E-state index >= 15 is 0 Å². The lowest BCUT2D eigenvalue weighted by molar-refractivity contribution is -0.121. The molecule has 1 spiro atoms. The lowest BCUT2D eigenvalue weighted by Gasteiger charge is -2.49. The van der Waals surface area contributed by atoms with Crippen molar-refractivity contribution < 1.29 is 22.7 Å². The molecule has 0 saturated heterocycles. The van der Waals surface area contributed by atoms with Crippen molar-refractivity contribution in [2.45, 2.75) is 88.3 Å². The summed E-state index contributed by atoms with van der Waals surface area (Å²) < 4.78 is 35.6. The summed E-state index contributed by atoms with van der Waals surface area (Å²) in [6.45, 7) is 6.58. The van der Waals surface area contributed by atoms with Gasteiger partial charge in [0.2, 0.25) is 15.9 Å². The highest BCUT2D eigenvalue weighted by atomic mass is 35.5. The first-order valence-electron chi connectivity index (χ1n) is 16.4. The van der Waals surface area contributed by atoms with Crippen LogP contribution in [0.5, 0.6) is 5.75 Å². The van der Waals surface area contributed by atoms with Crippen LogP contribution in [0.25, 0.3) is 0 Å². The molecule has 11 heteroatoms. The minimum Gasteiger partial charge on any atom is -0.490 e. The van der Waals surface area contributed by atoms with Crippen LogP contribution in [0.15, 0.2) is 36.4 Å². The summed E-state index contributed by atoms with van der Waals surface area (Å²) in [4.78, 5) is 28.2. The standard InChI is InChI=1S/C35H43ClN4O5S/c1-22-6-4-15-35(19-37,38-24(3)41)30-11-8-27(30)18-40-20-34(14-5-7-25-16-28(36)10-12-29(25)34)21-45-32-13-9-26(17-31(32)40)33(42)39-46(43,44)23(22)2/h9-10,12-13,16-17,22-23,27,30H,4-8,11,14-15,18,20-21H2,1-3H3,(H,38,41)(H,39,42)/t22-,23+,27-,30+,34-,35+/m0/s1. The minimum atomic E-state index is -3.99. The number of benzene rings is 2. The van der Waals surface area contributed by atoms with Crippen molar-refractivity contribution in [2.24, 2.45) is 17.8 Å². The zero-order valence-corrected chi connectivity index (χ0v) is 28.3. The van der Waals surface area contributed by atoms with Gasteiger partial charge in [-0.1, -0.05) is 24.6 Å². The largest absolute Gasteiger partial charge is 0.490 e. The maximum atomic E-state index is 13.5. The highest BCUT2D eigenvalue weighted by Crippen LogP contribution is 2.49. The summed E-state index contributed by atoms with van der Waals surface area (Å²) in [6, 6.07) is 13.7. The van der Waals surface area contributed by atoms with Gasteiger partial charge in [0, 0.05) is 36.0 Å². The molecule has 4 aliphatic rings. The molecule has 2 aromatic rings. The fourth-order valence-corrected chi connectivity index (χ4v) is 9.83. The number of nitrogens with zero attached hydrogens (tertiary/aromatic N) is 2. The van der Waals surface area contributed by atoms with Crippen LogP contribution in [-0.4, -0.2) is 50.7 Å². The van der Waals surface area contributed by atoms with E-state index in [1.165, 1.54) is 18.1 Å². The third kappa shape index (κ3) is 5.97. The van der Waals surface area contributed by atoms with Gasteiger partial charge in [0.1, 0.15) is 11.3 Å². The number of rotatable bonds is 1. The lowest BCUT2D eigenvalue weighted by Crippen LogP contribution is -2.59. The number of fused-ring (bicyclic) bond motifs is 4. The number of hydrogen-bond donors (Lipinski definition) is 2. The Morgan fingerprint density at radius 2 is 1.93 bits per heavy atom. The highest BCUT2D eigenvalue weighted by molar-refractivity contribution is 7.90. The van der Waals surface area contributed by atoms with Crippen molar-refractivity contribution in [3.63, 3.8) is 0 Å². The molecule has 1 fully saturated rings. The van der Waals surface area contributed by atoms with Gasteiger partial charge in [0.25, 0.3) is 5.91 Å². The number of ether oxygens (including phenoxy) is 1. The van der Waals surface area contributed by atoms with Gasteiger partial charge in [-0.2, -0.15) is 5.26 Å². The predicted octanol–water partition coefficient (Wildman–Crippen LogP) is 5.51. The van der Waals surface area contributed by atoms with Gasteiger partial charge in [-0.3, -0.25) is 9.59 Å². The monoisotopic (exact) mass is 666 g/mol. The number of anilines is 1. The summed E-state index contributed by atoms with van der Waals surface area (Å²) in [5.74, 6) is -0.513. The molecule has 2 bridgehead atoms. The Morgan fingerprint density at radius 3 is 2.65 bits per heavy atom. The zero-order valence-electron chi connectivity index (χ0n) is 26.8. The average Bonchev–Trinajstić information content (AvgIpc) is 3.14. The van der Waals surface area contributed by atoms with E-state index in [1.807, 2.05) is 19.1 Å². The fraction of sp³-hybridized carbons (Fsp3) is 0.571. The van der Waals surface area contributed by atoms with Crippen LogP contribution >= 0.6 is 11.6 Å². The molecular weight excluding hydrogens is 624 g/mol. The number of amides is 2. The fourth-order valence-electron chi connectivity index (χ4n) is 8.32. The molecule has 1 saturated carbocycles. The maximum Gasteiger partial charge on any atom is 0.264 e. The van der Waals surface area contributed by atoms with Crippen LogP contribution in [0.1, 0.15) is 87.2 Å². The van der Waals surface area contributed by atoms with Gasteiger partial charge >= 0.3 is 0 Å². The topological polar surface area (TPSA) is 129 Å². The van der Waals surface area contributed by atoms with Gasteiger partial charge in [0.15, 0.2) is 0 Å². The highest BCUT2D eigenvalue weighted by Gasteiger charge is 2.50. The quantitative estimate of drug-likeness (QED) is 0.411. The second kappa shape index (κ2) is 12.4. The lowest BCUT2D eigenvalue weighted by atomic mass is 9.61. The number of hydrogen-bond acceptors (Lipinski definition) is 7. The molecular formula is C35H43ClN4O5S. The Labute approximate surface area is 277 Å². The molecule has 2 aliphatic carbocycles. The van der Waals surface area contributed by atoms with Gasteiger partial charge in [-0.25, -0.2) is 13.1 Å². The van der Waals surface area contributed by atoms with E-state index in [4.69, 9.17) is 16.3 Å². The van der Waals surface area contributed by atoms with E-state index in [0.717, 1.165) is 37.8 Å². The van der Waals surface area contributed by atoms with Gasteiger partial charge < -0.3 is 15.0 Å². The molecule has 0 unspecified atom stereocenters. The number of carbonyl (C=O) groups excluding carboxylic acids is 2. The Hall–Kier alpha value is -3.29. The Bertz CT molecular complexity index is 1690. The molecule has 0 aromatic heterocycles. The second-order valence-electron chi connectivity index (χ2n) is 14.0. The van der Waals surface area contributed by atoms with Gasteiger partial charge in [0.05, 0.1) is 23.6 Å². The van der Waals surface area contributed by atoms with E-state index in [2.05, 4.69) is 27.1 Å². The van der Waals surface area contributed by atoms with E-state index < -0.39 is 26.7 Å². The van der Waals surface area contributed by atoms with Gasteiger partial charge in [-0.05, 0) is 118 Å². The zero-order chi connectivity index (χ0) is 32.9. The Kier molecular flexibility index (Phi) is 8.79. The summed E-state index contributed by atoms with van der Waals surface area (Å²) in [5.41, 5.74) is 2.00. The van der Waals surface area contributed by atoms with Crippen molar-refractivity contribution >= 4 is 39.1 Å². The van der Waals surface area contributed by atoms with Gasteiger partial charge in [-0.15, -0.1) is 0 Å². The number of sulfonamides is 1. The van der Waals surface area contributed by atoms with Crippen LogP contribution in [0.2, 0.25) is 5.02 Å². The molecule has 2 aliphatic heterocycles. The molecule has 2 amide bonds.